The van der Waals surface area contributed by atoms with Crippen LogP contribution in [0.3, 0.4) is 0 Å². The third-order valence-corrected chi connectivity index (χ3v) is 2.98. The molecule has 0 N–H and O–H groups in total. The molecule has 0 aromatic rings. The molecule has 1 fully saturated rings. The van der Waals surface area contributed by atoms with Crippen molar-refractivity contribution in [2.45, 2.75) is 32.2 Å². The molecule has 1 aliphatic carbocycles. The summed E-state index contributed by atoms with van der Waals surface area (Å²) in [6.45, 7) is 2.65. The number of likely N-dealkylation sites (tertiary alicyclic amines) is 1. The van der Waals surface area contributed by atoms with E-state index in [9.17, 15) is 4.79 Å². The monoisotopic (exact) mass is 165 g/mol. The van der Waals surface area contributed by atoms with Crippen LogP contribution < -0.4 is 0 Å². The molecule has 2 nitrogen and oxygen atoms in total. The van der Waals surface area contributed by atoms with E-state index in [2.05, 4.69) is 12.2 Å². The van der Waals surface area contributed by atoms with Gasteiger partial charge in [-0.2, -0.15) is 0 Å². The number of carbonyl (C=O) groups excluding carboxylic acids is 1. The number of fused-ring (bicyclic) bond motifs is 2. The molecule has 0 spiro atoms. The zero-order valence-corrected chi connectivity index (χ0v) is 7.49. The minimum absolute atomic E-state index is 0.244. The first kappa shape index (κ1) is 7.84. The number of carbonyl (C=O) groups is 1. The highest BCUT2D eigenvalue weighted by molar-refractivity contribution is 5.73. The minimum atomic E-state index is 0.244. The van der Waals surface area contributed by atoms with Gasteiger partial charge in [0.15, 0.2) is 0 Å². The molecule has 0 aromatic heterocycles. The first-order chi connectivity index (χ1) is 5.77. The van der Waals surface area contributed by atoms with Gasteiger partial charge < -0.3 is 4.90 Å². The second-order valence-electron chi connectivity index (χ2n) is 3.81. The van der Waals surface area contributed by atoms with E-state index in [1.807, 2.05) is 4.90 Å². The Morgan fingerprint density at radius 3 is 3.17 bits per heavy atom. The number of hydrogen-bond donors (Lipinski definition) is 0. The van der Waals surface area contributed by atoms with Gasteiger partial charge in [0.05, 0.1) is 0 Å². The van der Waals surface area contributed by atoms with Crippen LogP contribution in [-0.4, -0.2) is 23.4 Å². The summed E-state index contributed by atoms with van der Waals surface area (Å²) in [5, 5.41) is 0. The fraction of sp³-hybridized carbons (Fsp3) is 0.700. The Hall–Kier alpha value is -0.790. The van der Waals surface area contributed by atoms with Gasteiger partial charge in [0.25, 0.3) is 0 Å². The average molecular weight is 165 g/mol. The lowest BCUT2D eigenvalue weighted by molar-refractivity contribution is -0.133. The smallest absolute Gasteiger partial charge is 0.219 e. The third-order valence-electron chi connectivity index (χ3n) is 2.98. The summed E-state index contributed by atoms with van der Waals surface area (Å²) in [5.41, 5.74) is 0. The lowest BCUT2D eigenvalue weighted by Gasteiger charge is -2.40. The second kappa shape index (κ2) is 2.92. The van der Waals surface area contributed by atoms with E-state index >= 15 is 0 Å². The van der Waals surface area contributed by atoms with Gasteiger partial charge in [0, 0.05) is 19.5 Å². The van der Waals surface area contributed by atoms with Crippen LogP contribution >= 0.6 is 0 Å². The molecule has 2 heteroatoms. The summed E-state index contributed by atoms with van der Waals surface area (Å²) in [7, 11) is 0. The molecule has 0 saturated carbocycles. The molecule has 0 unspecified atom stereocenters. The van der Waals surface area contributed by atoms with Gasteiger partial charge in [-0.05, 0) is 25.2 Å². The van der Waals surface area contributed by atoms with Crippen molar-refractivity contribution in [2.75, 3.05) is 6.54 Å². The van der Waals surface area contributed by atoms with E-state index in [1.165, 1.54) is 6.42 Å². The van der Waals surface area contributed by atoms with E-state index in [-0.39, 0.29) is 5.91 Å². The van der Waals surface area contributed by atoms with Crippen LogP contribution in [0, 0.1) is 5.92 Å². The van der Waals surface area contributed by atoms with Gasteiger partial charge >= 0.3 is 0 Å². The van der Waals surface area contributed by atoms with Crippen LogP contribution in [0.4, 0.5) is 0 Å². The number of amides is 1. The fourth-order valence-electron chi connectivity index (χ4n) is 2.32. The average Bonchev–Trinajstić information content (AvgIpc) is 2.04. The Morgan fingerprint density at radius 1 is 1.58 bits per heavy atom. The summed E-state index contributed by atoms with van der Waals surface area (Å²) in [6, 6.07) is 0.506. The van der Waals surface area contributed by atoms with Crippen molar-refractivity contribution in [2.24, 2.45) is 5.92 Å². The molecule has 0 radical (unpaired) electrons. The maximum atomic E-state index is 11.2. The Bertz CT molecular complexity index is 222. The van der Waals surface area contributed by atoms with Crippen LogP contribution in [0.25, 0.3) is 0 Å². The van der Waals surface area contributed by atoms with Gasteiger partial charge in [0.1, 0.15) is 0 Å². The fourth-order valence-corrected chi connectivity index (χ4v) is 2.32. The topological polar surface area (TPSA) is 20.3 Å². The highest BCUT2D eigenvalue weighted by Gasteiger charge is 2.29. The summed E-state index contributed by atoms with van der Waals surface area (Å²) in [6.07, 6.45) is 7.96. The van der Waals surface area contributed by atoms with Crippen molar-refractivity contribution < 1.29 is 4.79 Å². The van der Waals surface area contributed by atoms with Gasteiger partial charge in [-0.1, -0.05) is 12.2 Å². The Labute approximate surface area is 73.2 Å². The predicted octanol–water partition coefficient (Wildman–Crippen LogP) is 1.57. The van der Waals surface area contributed by atoms with Crippen LogP contribution in [0.15, 0.2) is 12.2 Å². The quantitative estimate of drug-likeness (QED) is 0.499. The third kappa shape index (κ3) is 1.26. The molecule has 0 aromatic carbocycles. The van der Waals surface area contributed by atoms with E-state index < -0.39 is 0 Å². The molecule has 2 aliphatic rings. The molecule has 66 valence electrons. The molecule has 2 rings (SSSR count). The number of allylic oxidation sites excluding steroid dienone is 1. The molecular weight excluding hydrogens is 150 g/mol. The molecule has 2 atom stereocenters. The SMILES string of the molecule is CC(=O)N1CC[C@@H]2C=CC[C@H]1C2. The van der Waals surface area contributed by atoms with E-state index in [1.54, 1.807) is 6.92 Å². The van der Waals surface area contributed by atoms with Crippen LogP contribution in [-0.2, 0) is 4.79 Å². The molecule has 12 heavy (non-hydrogen) atoms. The van der Waals surface area contributed by atoms with E-state index in [0.29, 0.717) is 6.04 Å². The van der Waals surface area contributed by atoms with E-state index in [4.69, 9.17) is 0 Å². The first-order valence-electron chi connectivity index (χ1n) is 4.71. The Kier molecular flexibility index (Phi) is 1.91. The van der Waals surface area contributed by atoms with Gasteiger partial charge in [0.2, 0.25) is 5.91 Å². The molecule has 2 bridgehead atoms. The van der Waals surface area contributed by atoms with Crippen molar-refractivity contribution >= 4 is 5.91 Å². The molecule has 1 amide bonds. The normalized spacial score (nSPS) is 33.6. The van der Waals surface area contributed by atoms with Crippen molar-refractivity contribution in [1.29, 1.82) is 0 Å². The van der Waals surface area contributed by atoms with Crippen molar-refractivity contribution in [3.63, 3.8) is 0 Å². The van der Waals surface area contributed by atoms with Crippen LogP contribution in [0.2, 0.25) is 0 Å². The first-order valence-corrected chi connectivity index (χ1v) is 4.71. The number of nitrogens with zero attached hydrogens (tertiary/aromatic N) is 1. The highest BCUT2D eigenvalue weighted by Crippen LogP contribution is 2.29. The van der Waals surface area contributed by atoms with Crippen LogP contribution in [0.1, 0.15) is 26.2 Å². The summed E-state index contributed by atoms with van der Waals surface area (Å²) >= 11 is 0. The molecule has 1 saturated heterocycles. The van der Waals surface area contributed by atoms with Crippen molar-refractivity contribution in [1.82, 2.24) is 4.90 Å². The number of piperidine rings is 1. The predicted molar refractivity (Wildman–Crippen MR) is 47.7 cm³/mol. The highest BCUT2D eigenvalue weighted by atomic mass is 16.2. The molecular formula is C10H15NO. The van der Waals surface area contributed by atoms with Crippen LogP contribution in [0.5, 0.6) is 0 Å². The molecule has 1 heterocycles. The summed E-state index contributed by atoms with van der Waals surface area (Å²) in [5.74, 6) is 0.994. The summed E-state index contributed by atoms with van der Waals surface area (Å²) < 4.78 is 0. The molecule has 1 aliphatic heterocycles. The van der Waals surface area contributed by atoms with Gasteiger partial charge in [-0.15, -0.1) is 0 Å². The van der Waals surface area contributed by atoms with Crippen molar-refractivity contribution in [3.05, 3.63) is 12.2 Å². The standard InChI is InChI=1S/C10H15NO/c1-8(12)11-6-5-9-3-2-4-10(11)7-9/h2-3,9-10H,4-7H2,1H3/t9-,10-/m0/s1. The number of rotatable bonds is 0. The zero-order valence-electron chi connectivity index (χ0n) is 7.49. The van der Waals surface area contributed by atoms with Crippen molar-refractivity contribution in [3.8, 4) is 0 Å². The maximum Gasteiger partial charge on any atom is 0.219 e. The van der Waals surface area contributed by atoms with E-state index in [0.717, 1.165) is 25.3 Å². The Balaban J connectivity index is 2.11. The maximum absolute atomic E-state index is 11.2. The van der Waals surface area contributed by atoms with Gasteiger partial charge in [-0.25, -0.2) is 0 Å². The lowest BCUT2D eigenvalue weighted by Crippen LogP contribution is -2.45. The lowest BCUT2D eigenvalue weighted by atomic mass is 9.84. The number of hydrogen-bond acceptors (Lipinski definition) is 1. The minimum Gasteiger partial charge on any atom is -0.340 e. The summed E-state index contributed by atoms with van der Waals surface area (Å²) in [4.78, 5) is 13.2. The van der Waals surface area contributed by atoms with Gasteiger partial charge in [-0.3, -0.25) is 4.79 Å². The zero-order chi connectivity index (χ0) is 8.55. The second-order valence-corrected chi connectivity index (χ2v) is 3.81. The largest absolute Gasteiger partial charge is 0.340 e. The Morgan fingerprint density at radius 2 is 2.42 bits per heavy atom.